The van der Waals surface area contributed by atoms with E-state index in [9.17, 15) is 22.8 Å². The van der Waals surface area contributed by atoms with Gasteiger partial charge in [0, 0.05) is 25.0 Å². The lowest BCUT2D eigenvalue weighted by Gasteiger charge is -2.09. The van der Waals surface area contributed by atoms with Crippen LogP contribution in [0.1, 0.15) is 17.5 Å². The Morgan fingerprint density at radius 2 is 2.14 bits per heavy atom. The largest absolute Gasteiger partial charge is 0.417 e. The number of nitrogens with zero attached hydrogens (tertiary/aromatic N) is 1. The molecule has 8 heteroatoms. The van der Waals surface area contributed by atoms with Gasteiger partial charge in [-0.25, -0.2) is 0 Å². The predicted molar refractivity (Wildman–Crippen MR) is 73.3 cm³/mol. The van der Waals surface area contributed by atoms with Gasteiger partial charge >= 0.3 is 6.18 Å². The Morgan fingerprint density at radius 3 is 2.77 bits per heavy atom. The number of amides is 1. The summed E-state index contributed by atoms with van der Waals surface area (Å²) in [6, 6.07) is 4.10. The summed E-state index contributed by atoms with van der Waals surface area (Å²) in [7, 11) is 0. The van der Waals surface area contributed by atoms with Gasteiger partial charge in [-0.1, -0.05) is 6.07 Å². The van der Waals surface area contributed by atoms with Gasteiger partial charge in [0.2, 0.25) is 5.91 Å². The molecule has 0 bridgehead atoms. The van der Waals surface area contributed by atoms with Crippen molar-refractivity contribution in [3.8, 4) is 0 Å². The van der Waals surface area contributed by atoms with Crippen LogP contribution in [0.4, 0.5) is 18.9 Å². The van der Waals surface area contributed by atoms with Gasteiger partial charge in [-0.2, -0.15) is 13.2 Å². The SMILES string of the molecule is O=C(CCc1cccnc1)Nc1cc(C(F)(F)F)c[nH]c1=O. The fourth-order valence-corrected chi connectivity index (χ4v) is 1.76. The Morgan fingerprint density at radius 1 is 1.36 bits per heavy atom. The zero-order valence-corrected chi connectivity index (χ0v) is 11.3. The first-order valence-corrected chi connectivity index (χ1v) is 6.35. The molecule has 2 aromatic heterocycles. The molecule has 116 valence electrons. The number of pyridine rings is 2. The minimum Gasteiger partial charge on any atom is -0.327 e. The second kappa shape index (κ2) is 6.42. The molecule has 0 unspecified atom stereocenters. The summed E-state index contributed by atoms with van der Waals surface area (Å²) < 4.78 is 37.7. The molecule has 0 radical (unpaired) electrons. The van der Waals surface area contributed by atoms with Crippen LogP contribution in [0.3, 0.4) is 0 Å². The van der Waals surface area contributed by atoms with Crippen molar-refractivity contribution in [2.45, 2.75) is 19.0 Å². The fraction of sp³-hybridized carbons (Fsp3) is 0.214. The normalized spacial score (nSPS) is 11.2. The Bertz CT molecular complexity index is 711. The van der Waals surface area contributed by atoms with Crippen LogP contribution < -0.4 is 10.9 Å². The Labute approximate surface area is 123 Å². The van der Waals surface area contributed by atoms with Gasteiger partial charge in [-0.3, -0.25) is 14.6 Å². The van der Waals surface area contributed by atoms with Crippen molar-refractivity contribution in [1.29, 1.82) is 0 Å². The topological polar surface area (TPSA) is 74.8 Å². The number of aryl methyl sites for hydroxylation is 1. The highest BCUT2D eigenvalue weighted by atomic mass is 19.4. The number of halogens is 3. The molecule has 2 N–H and O–H groups in total. The summed E-state index contributed by atoms with van der Waals surface area (Å²) in [5.74, 6) is -0.548. The van der Waals surface area contributed by atoms with E-state index in [0.717, 1.165) is 5.56 Å². The van der Waals surface area contributed by atoms with E-state index in [2.05, 4.69) is 10.3 Å². The molecule has 0 aliphatic carbocycles. The molecule has 5 nitrogen and oxygen atoms in total. The van der Waals surface area contributed by atoms with E-state index < -0.39 is 28.9 Å². The van der Waals surface area contributed by atoms with Crippen LogP contribution in [0.5, 0.6) is 0 Å². The predicted octanol–water partition coefficient (Wildman–Crippen LogP) is 2.36. The first-order chi connectivity index (χ1) is 10.4. The molecule has 2 heterocycles. The van der Waals surface area contributed by atoms with Crippen molar-refractivity contribution in [1.82, 2.24) is 9.97 Å². The first-order valence-electron chi connectivity index (χ1n) is 6.35. The van der Waals surface area contributed by atoms with Gasteiger partial charge in [-0.15, -0.1) is 0 Å². The number of aromatic amines is 1. The Kier molecular flexibility index (Phi) is 4.59. The molecule has 0 aromatic carbocycles. The third-order valence-corrected chi connectivity index (χ3v) is 2.87. The van der Waals surface area contributed by atoms with Crippen LogP contribution in [0.25, 0.3) is 0 Å². The van der Waals surface area contributed by atoms with Gasteiger partial charge in [-0.05, 0) is 24.1 Å². The van der Waals surface area contributed by atoms with E-state index in [1.165, 1.54) is 0 Å². The van der Waals surface area contributed by atoms with Crippen molar-refractivity contribution in [3.63, 3.8) is 0 Å². The molecular weight excluding hydrogens is 299 g/mol. The second-order valence-corrected chi connectivity index (χ2v) is 4.54. The minimum atomic E-state index is -4.60. The fourth-order valence-electron chi connectivity index (χ4n) is 1.76. The third-order valence-electron chi connectivity index (χ3n) is 2.87. The zero-order valence-electron chi connectivity index (χ0n) is 11.3. The van der Waals surface area contributed by atoms with Gasteiger partial charge in [0.05, 0.1) is 5.56 Å². The number of hydrogen-bond acceptors (Lipinski definition) is 3. The van der Waals surface area contributed by atoms with Crippen molar-refractivity contribution in [3.05, 3.63) is 58.3 Å². The molecule has 0 saturated carbocycles. The summed E-state index contributed by atoms with van der Waals surface area (Å²) in [6.45, 7) is 0. The number of anilines is 1. The maximum Gasteiger partial charge on any atom is 0.417 e. The maximum absolute atomic E-state index is 12.6. The van der Waals surface area contributed by atoms with Crippen molar-refractivity contribution >= 4 is 11.6 Å². The average Bonchev–Trinajstić information content (AvgIpc) is 2.47. The standard InChI is InChI=1S/C14H12F3N3O2/c15-14(16,17)10-6-11(13(22)19-8-10)20-12(21)4-3-9-2-1-5-18-7-9/h1-2,5-8H,3-4H2,(H,19,22)(H,20,21). The first kappa shape index (κ1) is 15.7. The van der Waals surface area contributed by atoms with Crippen LogP contribution in [0.2, 0.25) is 0 Å². The van der Waals surface area contributed by atoms with Crippen LogP contribution in [0, 0.1) is 0 Å². The lowest BCUT2D eigenvalue weighted by molar-refractivity contribution is -0.137. The summed E-state index contributed by atoms with van der Waals surface area (Å²) >= 11 is 0. The molecule has 0 spiro atoms. The van der Waals surface area contributed by atoms with E-state index in [-0.39, 0.29) is 6.42 Å². The molecule has 0 atom stereocenters. The summed E-state index contributed by atoms with van der Waals surface area (Å²) in [6.07, 6.45) is -0.457. The lowest BCUT2D eigenvalue weighted by Crippen LogP contribution is -2.21. The highest BCUT2D eigenvalue weighted by Gasteiger charge is 2.31. The third kappa shape index (κ3) is 4.18. The molecule has 22 heavy (non-hydrogen) atoms. The van der Waals surface area contributed by atoms with Crippen molar-refractivity contribution in [2.24, 2.45) is 0 Å². The van der Waals surface area contributed by atoms with Crippen LogP contribution in [-0.4, -0.2) is 15.9 Å². The summed E-state index contributed by atoms with van der Waals surface area (Å²) in [5.41, 5.74) is -1.43. The maximum atomic E-state index is 12.6. The van der Waals surface area contributed by atoms with Crippen LogP contribution in [0.15, 0.2) is 41.6 Å². The van der Waals surface area contributed by atoms with Gasteiger partial charge in [0.15, 0.2) is 0 Å². The zero-order chi connectivity index (χ0) is 16.2. The lowest BCUT2D eigenvalue weighted by atomic mass is 10.1. The molecule has 1 amide bonds. The molecule has 0 saturated heterocycles. The number of hydrogen-bond donors (Lipinski definition) is 2. The number of rotatable bonds is 4. The van der Waals surface area contributed by atoms with Gasteiger partial charge < -0.3 is 10.3 Å². The van der Waals surface area contributed by atoms with Crippen molar-refractivity contribution < 1.29 is 18.0 Å². The van der Waals surface area contributed by atoms with Crippen molar-refractivity contribution in [2.75, 3.05) is 5.32 Å². The van der Waals surface area contributed by atoms with E-state index in [4.69, 9.17) is 0 Å². The highest BCUT2D eigenvalue weighted by Crippen LogP contribution is 2.29. The highest BCUT2D eigenvalue weighted by molar-refractivity contribution is 5.90. The van der Waals surface area contributed by atoms with Crippen LogP contribution in [-0.2, 0) is 17.4 Å². The van der Waals surface area contributed by atoms with E-state index in [1.807, 2.05) is 4.98 Å². The molecule has 2 aromatic rings. The summed E-state index contributed by atoms with van der Waals surface area (Å²) in [5, 5.41) is 2.19. The number of alkyl halides is 3. The molecule has 0 fully saturated rings. The number of aromatic nitrogens is 2. The Balaban J connectivity index is 2.04. The molecule has 2 rings (SSSR count). The summed E-state index contributed by atoms with van der Waals surface area (Å²) in [4.78, 5) is 29.0. The monoisotopic (exact) mass is 311 g/mol. The second-order valence-electron chi connectivity index (χ2n) is 4.54. The smallest absolute Gasteiger partial charge is 0.327 e. The van der Waals surface area contributed by atoms with E-state index in [1.54, 1.807) is 24.5 Å². The van der Waals surface area contributed by atoms with Gasteiger partial charge in [0.25, 0.3) is 5.56 Å². The number of H-pyrrole nitrogens is 1. The molecule has 0 aliphatic heterocycles. The number of nitrogens with one attached hydrogen (secondary N) is 2. The van der Waals surface area contributed by atoms with E-state index >= 15 is 0 Å². The minimum absolute atomic E-state index is 0.0291. The molecule has 0 aliphatic rings. The Hall–Kier alpha value is -2.64. The average molecular weight is 311 g/mol. The van der Waals surface area contributed by atoms with Gasteiger partial charge in [0.1, 0.15) is 5.69 Å². The van der Waals surface area contributed by atoms with E-state index in [0.29, 0.717) is 18.7 Å². The number of carbonyl (C=O) groups is 1. The quantitative estimate of drug-likeness (QED) is 0.910. The number of carbonyl (C=O) groups excluding carboxylic acids is 1. The molecular formula is C14H12F3N3O2. The van der Waals surface area contributed by atoms with Crippen LogP contribution >= 0.6 is 0 Å².